The second kappa shape index (κ2) is 5.28. The summed E-state index contributed by atoms with van der Waals surface area (Å²) in [5.41, 5.74) is 2.77. The Labute approximate surface area is 133 Å². The summed E-state index contributed by atoms with van der Waals surface area (Å²) in [6, 6.07) is 6.76. The number of rotatable bonds is 1. The maximum Gasteiger partial charge on any atom is 0.00167 e. The number of fused-ring (bicyclic) bond motifs is 1. The van der Waals surface area contributed by atoms with Gasteiger partial charge in [-0.05, 0) is 27.6 Å². The molecular formula is C22H24. The molecule has 1 aromatic carbocycles. The second-order valence-electron chi connectivity index (χ2n) is 7.47. The van der Waals surface area contributed by atoms with E-state index in [2.05, 4.69) is 101 Å². The molecule has 0 heteroatoms. The van der Waals surface area contributed by atoms with Crippen molar-refractivity contribution in [2.75, 3.05) is 0 Å². The molecule has 0 nitrogen and oxygen atoms in total. The first-order chi connectivity index (χ1) is 10.3. The number of hydrogen-bond donors (Lipinski definition) is 0. The SMILES string of the molecule is CC1(C)C=CC=C(c2ccc3c(c2)=CC=CC(C)(C)C=3)C=C1. The van der Waals surface area contributed by atoms with Gasteiger partial charge in [0.2, 0.25) is 0 Å². The molecule has 0 amide bonds. The largest absolute Gasteiger partial charge is 0.0751 e. The molecule has 0 radical (unpaired) electrons. The van der Waals surface area contributed by atoms with Gasteiger partial charge in [-0.1, -0.05) is 94.5 Å². The van der Waals surface area contributed by atoms with E-state index in [4.69, 9.17) is 0 Å². The molecule has 0 spiro atoms. The van der Waals surface area contributed by atoms with E-state index in [0.29, 0.717) is 0 Å². The van der Waals surface area contributed by atoms with Gasteiger partial charge in [0, 0.05) is 10.8 Å². The molecule has 22 heavy (non-hydrogen) atoms. The molecule has 1 aromatic rings. The first-order valence-electron chi connectivity index (χ1n) is 7.96. The molecule has 3 rings (SSSR count). The summed E-state index contributed by atoms with van der Waals surface area (Å²) >= 11 is 0. The van der Waals surface area contributed by atoms with Crippen molar-refractivity contribution in [1.29, 1.82) is 0 Å². The Morgan fingerprint density at radius 1 is 0.727 bits per heavy atom. The summed E-state index contributed by atoms with van der Waals surface area (Å²) in [6.45, 7) is 8.93. The van der Waals surface area contributed by atoms with Crippen molar-refractivity contribution in [3.05, 3.63) is 76.7 Å². The average molecular weight is 288 g/mol. The highest BCUT2D eigenvalue weighted by atomic mass is 14.2. The van der Waals surface area contributed by atoms with Gasteiger partial charge in [0.15, 0.2) is 0 Å². The molecule has 0 aliphatic heterocycles. The monoisotopic (exact) mass is 288 g/mol. The van der Waals surface area contributed by atoms with Gasteiger partial charge in [0.1, 0.15) is 0 Å². The van der Waals surface area contributed by atoms with Gasteiger partial charge < -0.3 is 0 Å². The van der Waals surface area contributed by atoms with Gasteiger partial charge in [0.05, 0.1) is 0 Å². The summed E-state index contributed by atoms with van der Waals surface area (Å²) in [6.07, 6.45) is 20.1. The lowest BCUT2D eigenvalue weighted by atomic mass is 9.91. The predicted octanol–water partition coefficient (Wildman–Crippen LogP) is 4.38. The van der Waals surface area contributed by atoms with E-state index in [1.165, 1.54) is 21.6 Å². The van der Waals surface area contributed by atoms with Crippen molar-refractivity contribution >= 4 is 17.7 Å². The van der Waals surface area contributed by atoms with Gasteiger partial charge in [-0.15, -0.1) is 0 Å². The third kappa shape index (κ3) is 3.22. The van der Waals surface area contributed by atoms with Crippen LogP contribution < -0.4 is 10.4 Å². The molecule has 0 heterocycles. The minimum atomic E-state index is 0.109. The standard InChI is InChI=1S/C22H24/c1-21(2)12-5-7-17(11-14-21)19-9-10-20-16-22(3,4)13-6-8-18(20)15-19/h5-16H,1-4H3. The van der Waals surface area contributed by atoms with E-state index < -0.39 is 0 Å². The van der Waals surface area contributed by atoms with Crippen molar-refractivity contribution in [3.8, 4) is 0 Å². The third-order valence-corrected chi connectivity index (χ3v) is 4.24. The smallest absolute Gasteiger partial charge is 0.00167 e. The van der Waals surface area contributed by atoms with Crippen molar-refractivity contribution in [2.45, 2.75) is 27.7 Å². The first-order valence-corrected chi connectivity index (χ1v) is 7.96. The van der Waals surface area contributed by atoms with E-state index in [9.17, 15) is 0 Å². The van der Waals surface area contributed by atoms with Crippen molar-refractivity contribution < 1.29 is 0 Å². The average Bonchev–Trinajstić information content (AvgIpc) is 2.69. The first kappa shape index (κ1) is 14.8. The van der Waals surface area contributed by atoms with E-state index in [1.54, 1.807) is 0 Å². The minimum absolute atomic E-state index is 0.109. The summed E-state index contributed by atoms with van der Waals surface area (Å²) < 4.78 is 0. The Hall–Kier alpha value is -2.08. The summed E-state index contributed by atoms with van der Waals surface area (Å²) in [5.74, 6) is 0. The van der Waals surface area contributed by atoms with Crippen molar-refractivity contribution in [2.24, 2.45) is 10.8 Å². The number of allylic oxidation sites excluding steroid dienone is 8. The molecular weight excluding hydrogens is 264 g/mol. The van der Waals surface area contributed by atoms with Gasteiger partial charge in [-0.2, -0.15) is 0 Å². The van der Waals surface area contributed by atoms with Crippen molar-refractivity contribution in [3.63, 3.8) is 0 Å². The van der Waals surface area contributed by atoms with Crippen LogP contribution in [0, 0.1) is 10.8 Å². The van der Waals surface area contributed by atoms with Crippen molar-refractivity contribution in [1.82, 2.24) is 0 Å². The topological polar surface area (TPSA) is 0 Å². The molecule has 2 aliphatic rings. The van der Waals surface area contributed by atoms with E-state index in [0.717, 1.165) is 0 Å². The zero-order valence-corrected chi connectivity index (χ0v) is 13.9. The molecule has 0 aromatic heterocycles. The lowest BCUT2D eigenvalue weighted by molar-refractivity contribution is 0.627. The molecule has 112 valence electrons. The predicted molar refractivity (Wildman–Crippen MR) is 97.6 cm³/mol. The van der Waals surface area contributed by atoms with E-state index >= 15 is 0 Å². The van der Waals surface area contributed by atoms with Crippen LogP contribution in [-0.2, 0) is 0 Å². The Bertz CT molecular complexity index is 821. The fraction of sp³-hybridized carbons (Fsp3) is 0.273. The molecule has 0 atom stereocenters. The second-order valence-corrected chi connectivity index (χ2v) is 7.47. The van der Waals surface area contributed by atoms with Crippen LogP contribution in [0.15, 0.2) is 60.7 Å². The highest BCUT2D eigenvalue weighted by molar-refractivity contribution is 5.76. The lowest BCUT2D eigenvalue weighted by Crippen LogP contribution is -2.26. The molecule has 0 saturated heterocycles. The zero-order chi connectivity index (χ0) is 15.8. The molecule has 2 aliphatic carbocycles. The maximum absolute atomic E-state index is 2.34. The maximum atomic E-state index is 2.34. The van der Waals surface area contributed by atoms with Gasteiger partial charge in [-0.25, -0.2) is 0 Å². The summed E-state index contributed by atoms with van der Waals surface area (Å²) in [4.78, 5) is 0. The molecule has 0 fully saturated rings. The minimum Gasteiger partial charge on any atom is -0.0751 e. The van der Waals surface area contributed by atoms with Crippen LogP contribution in [0.25, 0.3) is 17.7 Å². The van der Waals surface area contributed by atoms with Gasteiger partial charge >= 0.3 is 0 Å². The van der Waals surface area contributed by atoms with Crippen LogP contribution >= 0.6 is 0 Å². The normalized spacial score (nSPS) is 21.0. The fourth-order valence-electron chi connectivity index (χ4n) is 2.89. The summed E-state index contributed by atoms with van der Waals surface area (Å²) in [7, 11) is 0. The quantitative estimate of drug-likeness (QED) is 0.719. The van der Waals surface area contributed by atoms with Crippen LogP contribution in [0.1, 0.15) is 33.3 Å². The zero-order valence-electron chi connectivity index (χ0n) is 13.9. The fourth-order valence-corrected chi connectivity index (χ4v) is 2.89. The molecule has 0 unspecified atom stereocenters. The van der Waals surface area contributed by atoms with Crippen LogP contribution in [-0.4, -0.2) is 0 Å². The highest BCUT2D eigenvalue weighted by Gasteiger charge is 2.12. The Balaban J connectivity index is 2.08. The summed E-state index contributed by atoms with van der Waals surface area (Å²) in [5, 5.41) is 2.61. The third-order valence-electron chi connectivity index (χ3n) is 4.24. The van der Waals surface area contributed by atoms with Crippen LogP contribution in [0.5, 0.6) is 0 Å². The Morgan fingerprint density at radius 2 is 1.45 bits per heavy atom. The van der Waals surface area contributed by atoms with Crippen LogP contribution in [0.2, 0.25) is 0 Å². The van der Waals surface area contributed by atoms with Gasteiger partial charge in [-0.3, -0.25) is 0 Å². The molecule has 0 N–H and O–H groups in total. The van der Waals surface area contributed by atoms with Crippen LogP contribution in [0.3, 0.4) is 0 Å². The highest BCUT2D eigenvalue weighted by Crippen LogP contribution is 2.26. The van der Waals surface area contributed by atoms with Gasteiger partial charge in [0.25, 0.3) is 0 Å². The Kier molecular flexibility index (Phi) is 3.56. The van der Waals surface area contributed by atoms with E-state index in [-0.39, 0.29) is 10.8 Å². The Morgan fingerprint density at radius 3 is 2.27 bits per heavy atom. The molecule has 0 bridgehead atoms. The number of hydrogen-bond acceptors (Lipinski definition) is 0. The number of benzene rings is 1. The lowest BCUT2D eigenvalue weighted by Gasteiger charge is -2.13. The van der Waals surface area contributed by atoms with E-state index in [1.807, 2.05) is 0 Å². The van der Waals surface area contributed by atoms with Crippen LogP contribution in [0.4, 0.5) is 0 Å². The molecule has 0 saturated carbocycles.